The summed E-state index contributed by atoms with van der Waals surface area (Å²) in [5, 5.41) is 0. The van der Waals surface area contributed by atoms with Gasteiger partial charge in [-0.1, -0.05) is 0 Å². The summed E-state index contributed by atoms with van der Waals surface area (Å²) in [6, 6.07) is 1.12. The predicted molar refractivity (Wildman–Crippen MR) is 55.0 cm³/mol. The molecule has 0 amide bonds. The third-order valence-electron chi connectivity index (χ3n) is 3.89. The zero-order valence-electron chi connectivity index (χ0n) is 9.05. The third-order valence-corrected chi connectivity index (χ3v) is 3.89. The van der Waals surface area contributed by atoms with Crippen LogP contribution in [0.5, 0.6) is 0 Å². The highest BCUT2D eigenvalue weighted by molar-refractivity contribution is 5.98. The maximum atomic E-state index is 13.4. The number of hydrogen-bond donors (Lipinski definition) is 0. The summed E-state index contributed by atoms with van der Waals surface area (Å²) in [6.45, 7) is 0. The Balaban J connectivity index is 1.88. The van der Waals surface area contributed by atoms with Gasteiger partial charge in [-0.3, -0.25) is 4.79 Å². The molecule has 1 aromatic carbocycles. The van der Waals surface area contributed by atoms with Gasteiger partial charge in [0.2, 0.25) is 0 Å². The van der Waals surface area contributed by atoms with E-state index < -0.39 is 17.5 Å². The smallest absolute Gasteiger partial charge is 0.169 e. The molecule has 4 heteroatoms. The summed E-state index contributed by atoms with van der Waals surface area (Å²) in [4.78, 5) is 12.0. The molecule has 90 valence electrons. The van der Waals surface area contributed by atoms with Crippen molar-refractivity contribution in [2.45, 2.75) is 19.3 Å². The fourth-order valence-corrected chi connectivity index (χ4v) is 2.86. The molecule has 0 aromatic heterocycles. The van der Waals surface area contributed by atoms with Crippen molar-refractivity contribution < 1.29 is 18.0 Å². The molecule has 2 atom stereocenters. The van der Waals surface area contributed by atoms with E-state index in [1.165, 1.54) is 0 Å². The van der Waals surface area contributed by atoms with Crippen molar-refractivity contribution in [2.24, 2.45) is 17.8 Å². The van der Waals surface area contributed by atoms with Crippen LogP contribution in [0.25, 0.3) is 0 Å². The zero-order valence-corrected chi connectivity index (χ0v) is 9.05. The lowest BCUT2D eigenvalue weighted by Gasteiger charge is -2.11. The first-order chi connectivity index (χ1) is 8.06. The highest BCUT2D eigenvalue weighted by Crippen LogP contribution is 2.55. The van der Waals surface area contributed by atoms with Gasteiger partial charge in [0.1, 0.15) is 5.82 Å². The summed E-state index contributed by atoms with van der Waals surface area (Å²) in [7, 11) is 0. The standard InChI is InChI=1S/C13H11F3O/c14-10-5-12(16)11(15)4-9(10)13(17)8-2-6-1-7(6)3-8/h4-8H,1-3H2. The fourth-order valence-electron chi connectivity index (χ4n) is 2.86. The molecule has 3 rings (SSSR count). The lowest BCUT2D eigenvalue weighted by molar-refractivity contribution is 0.0909. The molecule has 0 bridgehead atoms. The monoisotopic (exact) mass is 240 g/mol. The molecule has 2 saturated carbocycles. The Hall–Kier alpha value is -1.32. The molecule has 0 aliphatic heterocycles. The number of Topliss-reactive ketones (excluding diaryl/α,β-unsaturated/α-hetero) is 1. The van der Waals surface area contributed by atoms with Crippen LogP contribution in [0.3, 0.4) is 0 Å². The molecule has 0 heterocycles. The fraction of sp³-hybridized carbons (Fsp3) is 0.462. The quantitative estimate of drug-likeness (QED) is 0.572. The molecule has 2 fully saturated rings. The van der Waals surface area contributed by atoms with Crippen LogP contribution in [0.1, 0.15) is 29.6 Å². The van der Waals surface area contributed by atoms with Crippen LogP contribution in [0.15, 0.2) is 12.1 Å². The second kappa shape index (κ2) is 3.59. The number of carbonyl (C=O) groups excluding carboxylic acids is 1. The summed E-state index contributed by atoms with van der Waals surface area (Å²) >= 11 is 0. The number of halogens is 3. The van der Waals surface area contributed by atoms with Crippen LogP contribution >= 0.6 is 0 Å². The second-order valence-corrected chi connectivity index (χ2v) is 5.03. The highest BCUT2D eigenvalue weighted by Gasteiger charge is 2.48. The van der Waals surface area contributed by atoms with E-state index in [-0.39, 0.29) is 17.3 Å². The minimum absolute atomic E-state index is 0.210. The SMILES string of the molecule is O=C(c1cc(F)c(F)cc1F)C1CC2CC2C1. The van der Waals surface area contributed by atoms with E-state index in [0.717, 1.165) is 19.3 Å². The summed E-state index contributed by atoms with van der Waals surface area (Å²) in [5.74, 6) is -2.79. The Morgan fingerprint density at radius 3 is 2.18 bits per heavy atom. The number of hydrogen-bond acceptors (Lipinski definition) is 1. The number of benzene rings is 1. The van der Waals surface area contributed by atoms with Crippen LogP contribution < -0.4 is 0 Å². The molecular formula is C13H11F3O. The van der Waals surface area contributed by atoms with Crippen molar-refractivity contribution in [1.29, 1.82) is 0 Å². The van der Waals surface area contributed by atoms with Crippen LogP contribution in [0.2, 0.25) is 0 Å². The largest absolute Gasteiger partial charge is 0.294 e. The third kappa shape index (κ3) is 1.75. The topological polar surface area (TPSA) is 17.1 Å². The molecule has 2 aliphatic carbocycles. The molecule has 0 radical (unpaired) electrons. The van der Waals surface area contributed by atoms with E-state index >= 15 is 0 Å². The van der Waals surface area contributed by atoms with Crippen LogP contribution in [0, 0.1) is 35.2 Å². The van der Waals surface area contributed by atoms with Gasteiger partial charge in [-0.05, 0) is 37.2 Å². The Kier molecular flexibility index (Phi) is 2.28. The van der Waals surface area contributed by atoms with Crippen molar-refractivity contribution in [2.75, 3.05) is 0 Å². The molecule has 1 aromatic rings. The van der Waals surface area contributed by atoms with Crippen LogP contribution in [0.4, 0.5) is 13.2 Å². The van der Waals surface area contributed by atoms with Gasteiger partial charge in [0.15, 0.2) is 17.4 Å². The Labute approximate surface area is 96.6 Å². The maximum absolute atomic E-state index is 13.4. The molecule has 0 spiro atoms. The molecule has 2 unspecified atom stereocenters. The lowest BCUT2D eigenvalue weighted by atomic mass is 9.93. The van der Waals surface area contributed by atoms with Crippen molar-refractivity contribution >= 4 is 5.78 Å². The van der Waals surface area contributed by atoms with E-state index in [2.05, 4.69) is 0 Å². The van der Waals surface area contributed by atoms with Crippen molar-refractivity contribution in [3.63, 3.8) is 0 Å². The number of rotatable bonds is 2. The molecule has 2 aliphatic rings. The Morgan fingerprint density at radius 1 is 0.941 bits per heavy atom. The molecule has 0 saturated heterocycles. The van der Waals surface area contributed by atoms with Crippen molar-refractivity contribution in [1.82, 2.24) is 0 Å². The first-order valence-electron chi connectivity index (χ1n) is 5.75. The second-order valence-electron chi connectivity index (χ2n) is 5.03. The summed E-state index contributed by atoms with van der Waals surface area (Å²) in [6.07, 6.45) is 2.69. The Morgan fingerprint density at radius 2 is 1.53 bits per heavy atom. The van der Waals surface area contributed by atoms with Crippen LogP contribution in [-0.2, 0) is 0 Å². The van der Waals surface area contributed by atoms with Gasteiger partial charge >= 0.3 is 0 Å². The van der Waals surface area contributed by atoms with Crippen molar-refractivity contribution in [3.8, 4) is 0 Å². The lowest BCUT2D eigenvalue weighted by Crippen LogP contribution is -2.15. The van der Waals surface area contributed by atoms with Crippen molar-refractivity contribution in [3.05, 3.63) is 35.1 Å². The summed E-state index contributed by atoms with van der Waals surface area (Å²) in [5.41, 5.74) is -0.310. The minimum Gasteiger partial charge on any atom is -0.294 e. The molecule has 17 heavy (non-hydrogen) atoms. The van der Waals surface area contributed by atoms with Gasteiger partial charge in [0.05, 0.1) is 5.56 Å². The maximum Gasteiger partial charge on any atom is 0.169 e. The minimum atomic E-state index is -1.26. The van der Waals surface area contributed by atoms with E-state index in [0.29, 0.717) is 24.0 Å². The van der Waals surface area contributed by atoms with E-state index in [4.69, 9.17) is 0 Å². The average molecular weight is 240 g/mol. The van der Waals surface area contributed by atoms with E-state index in [9.17, 15) is 18.0 Å². The Bertz CT molecular complexity index is 488. The van der Waals surface area contributed by atoms with Gasteiger partial charge in [0, 0.05) is 12.0 Å². The van der Waals surface area contributed by atoms with Gasteiger partial charge in [-0.25, -0.2) is 13.2 Å². The highest BCUT2D eigenvalue weighted by atomic mass is 19.2. The molecule has 1 nitrogen and oxygen atoms in total. The van der Waals surface area contributed by atoms with Gasteiger partial charge in [0.25, 0.3) is 0 Å². The van der Waals surface area contributed by atoms with Gasteiger partial charge in [-0.15, -0.1) is 0 Å². The molecule has 0 N–H and O–H groups in total. The number of ketones is 1. The molecular weight excluding hydrogens is 229 g/mol. The zero-order chi connectivity index (χ0) is 12.2. The average Bonchev–Trinajstić information content (AvgIpc) is 2.90. The summed E-state index contributed by atoms with van der Waals surface area (Å²) < 4.78 is 39.2. The first kappa shape index (κ1) is 10.8. The number of carbonyl (C=O) groups is 1. The first-order valence-corrected chi connectivity index (χ1v) is 5.75. The van der Waals surface area contributed by atoms with Crippen LogP contribution in [-0.4, -0.2) is 5.78 Å². The van der Waals surface area contributed by atoms with E-state index in [1.807, 2.05) is 0 Å². The number of fused-ring (bicyclic) bond motifs is 1. The van der Waals surface area contributed by atoms with Gasteiger partial charge < -0.3 is 0 Å². The van der Waals surface area contributed by atoms with E-state index in [1.54, 1.807) is 0 Å². The van der Waals surface area contributed by atoms with Gasteiger partial charge in [-0.2, -0.15) is 0 Å². The predicted octanol–water partition coefficient (Wildman–Crippen LogP) is 3.33. The normalized spacial score (nSPS) is 30.2.